The molecule has 0 saturated carbocycles. The van der Waals surface area contributed by atoms with Gasteiger partial charge in [-0.25, -0.2) is 4.79 Å². The van der Waals surface area contributed by atoms with Crippen molar-refractivity contribution in [2.75, 3.05) is 11.9 Å². The van der Waals surface area contributed by atoms with Gasteiger partial charge in [-0.3, -0.25) is 14.5 Å². The highest BCUT2D eigenvalue weighted by Crippen LogP contribution is 2.34. The Morgan fingerprint density at radius 2 is 1.81 bits per heavy atom. The van der Waals surface area contributed by atoms with E-state index in [1.807, 2.05) is 60.7 Å². The maximum atomic E-state index is 13.3. The lowest BCUT2D eigenvalue weighted by Crippen LogP contribution is -2.42. The zero-order valence-corrected chi connectivity index (χ0v) is 17.3. The van der Waals surface area contributed by atoms with E-state index in [1.54, 1.807) is 6.92 Å². The summed E-state index contributed by atoms with van der Waals surface area (Å²) in [6, 6.07) is 18.7. The van der Waals surface area contributed by atoms with Crippen LogP contribution in [0, 0.1) is 0 Å². The molecule has 0 aromatic heterocycles. The Kier molecular flexibility index (Phi) is 4.50. The summed E-state index contributed by atoms with van der Waals surface area (Å²) in [7, 11) is 0. The maximum Gasteiger partial charge on any atom is 0.325 e. The van der Waals surface area contributed by atoms with Crippen molar-refractivity contribution in [2.45, 2.75) is 31.7 Å². The first kappa shape index (κ1) is 19.3. The van der Waals surface area contributed by atoms with E-state index in [2.05, 4.69) is 10.6 Å². The summed E-state index contributed by atoms with van der Waals surface area (Å²) in [5.41, 5.74) is 2.74. The zero-order chi connectivity index (χ0) is 21.6. The van der Waals surface area contributed by atoms with Crippen LogP contribution in [0.1, 0.15) is 30.0 Å². The number of nitrogens with zero attached hydrogens (tertiary/aromatic N) is 1. The Bertz CT molecular complexity index is 1230. The molecule has 0 bridgehead atoms. The highest BCUT2D eigenvalue weighted by atomic mass is 16.2. The van der Waals surface area contributed by atoms with Crippen LogP contribution in [0.3, 0.4) is 0 Å². The molecule has 4 amide bonds. The summed E-state index contributed by atoms with van der Waals surface area (Å²) < 4.78 is 0. The summed E-state index contributed by atoms with van der Waals surface area (Å²) in [5.74, 6) is -0.832. The number of carbonyl (C=O) groups excluding carboxylic acids is 3. The second-order valence-electron chi connectivity index (χ2n) is 8.36. The Balaban J connectivity index is 1.37. The SMILES string of the molecule is CC1(c2cccc3ccccc23)NC(=O)N(CC(=O)Nc2ccc3c(c2)CCC3)C1=O. The van der Waals surface area contributed by atoms with Crippen LogP contribution in [-0.4, -0.2) is 29.3 Å². The molecule has 0 radical (unpaired) electrons. The number of amides is 4. The number of hydrogen-bond donors (Lipinski definition) is 2. The number of carbonyl (C=O) groups is 3. The number of imide groups is 1. The first-order chi connectivity index (χ1) is 15.0. The number of urea groups is 1. The van der Waals surface area contributed by atoms with E-state index in [9.17, 15) is 14.4 Å². The third kappa shape index (κ3) is 3.24. The van der Waals surface area contributed by atoms with Crippen LogP contribution >= 0.6 is 0 Å². The Morgan fingerprint density at radius 1 is 1.03 bits per heavy atom. The van der Waals surface area contributed by atoms with Crippen LogP contribution < -0.4 is 10.6 Å². The fraction of sp³-hybridized carbons (Fsp3) is 0.240. The fourth-order valence-electron chi connectivity index (χ4n) is 4.68. The predicted octanol–water partition coefficient (Wildman–Crippen LogP) is 3.73. The van der Waals surface area contributed by atoms with E-state index in [-0.39, 0.29) is 6.54 Å². The number of benzene rings is 3. The highest BCUT2D eigenvalue weighted by Gasteiger charge is 2.50. The van der Waals surface area contributed by atoms with Gasteiger partial charge in [0.15, 0.2) is 0 Å². The highest BCUT2D eigenvalue weighted by molar-refractivity contribution is 6.11. The average molecular weight is 413 g/mol. The van der Waals surface area contributed by atoms with Crippen molar-refractivity contribution in [1.29, 1.82) is 0 Å². The van der Waals surface area contributed by atoms with Gasteiger partial charge in [0.1, 0.15) is 12.1 Å². The molecule has 1 aliphatic carbocycles. The average Bonchev–Trinajstić information content (AvgIpc) is 3.31. The van der Waals surface area contributed by atoms with Crippen molar-refractivity contribution in [3.8, 4) is 0 Å². The molecule has 3 aromatic rings. The predicted molar refractivity (Wildman–Crippen MR) is 119 cm³/mol. The van der Waals surface area contributed by atoms with Gasteiger partial charge in [0, 0.05) is 5.69 Å². The minimum Gasteiger partial charge on any atom is -0.325 e. The smallest absolute Gasteiger partial charge is 0.325 e. The summed E-state index contributed by atoms with van der Waals surface area (Å²) in [6.45, 7) is 1.36. The molecule has 1 atom stereocenters. The molecule has 1 saturated heterocycles. The van der Waals surface area contributed by atoms with Crippen molar-refractivity contribution in [3.05, 3.63) is 77.4 Å². The Hall–Kier alpha value is -3.67. The lowest BCUT2D eigenvalue weighted by molar-refractivity contribution is -0.133. The van der Waals surface area contributed by atoms with Crippen molar-refractivity contribution in [3.63, 3.8) is 0 Å². The van der Waals surface area contributed by atoms with Gasteiger partial charge < -0.3 is 10.6 Å². The van der Waals surface area contributed by atoms with Crippen LogP contribution in [0.4, 0.5) is 10.5 Å². The molecule has 1 unspecified atom stereocenters. The van der Waals surface area contributed by atoms with E-state index in [0.717, 1.165) is 34.9 Å². The van der Waals surface area contributed by atoms with Gasteiger partial charge in [0.05, 0.1) is 0 Å². The minimum absolute atomic E-state index is 0.331. The second kappa shape index (κ2) is 7.23. The van der Waals surface area contributed by atoms with E-state index in [4.69, 9.17) is 0 Å². The number of fused-ring (bicyclic) bond motifs is 2. The first-order valence-electron chi connectivity index (χ1n) is 10.5. The lowest BCUT2D eigenvalue weighted by Gasteiger charge is -2.24. The molecular formula is C25H23N3O3. The number of hydrogen-bond acceptors (Lipinski definition) is 3. The van der Waals surface area contributed by atoms with Gasteiger partial charge >= 0.3 is 6.03 Å². The van der Waals surface area contributed by atoms with E-state index in [1.165, 1.54) is 11.1 Å². The topological polar surface area (TPSA) is 78.5 Å². The van der Waals surface area contributed by atoms with Gasteiger partial charge in [-0.15, -0.1) is 0 Å². The van der Waals surface area contributed by atoms with Crippen LogP contribution in [0.5, 0.6) is 0 Å². The molecular weight excluding hydrogens is 390 g/mol. The molecule has 31 heavy (non-hydrogen) atoms. The number of rotatable bonds is 4. The summed E-state index contributed by atoms with van der Waals surface area (Å²) in [6.07, 6.45) is 3.20. The molecule has 6 nitrogen and oxygen atoms in total. The van der Waals surface area contributed by atoms with E-state index >= 15 is 0 Å². The third-order valence-corrected chi connectivity index (χ3v) is 6.29. The fourth-order valence-corrected chi connectivity index (χ4v) is 4.68. The molecule has 6 heteroatoms. The molecule has 2 N–H and O–H groups in total. The van der Waals surface area contributed by atoms with Crippen LogP contribution in [0.25, 0.3) is 10.8 Å². The molecule has 0 spiro atoms. The lowest BCUT2D eigenvalue weighted by atomic mass is 9.88. The minimum atomic E-state index is -1.23. The third-order valence-electron chi connectivity index (χ3n) is 6.29. The normalized spacial score (nSPS) is 20.1. The van der Waals surface area contributed by atoms with Gasteiger partial charge in [-0.1, -0.05) is 48.5 Å². The summed E-state index contributed by atoms with van der Waals surface area (Å²) in [5, 5.41) is 7.50. The van der Waals surface area contributed by atoms with Gasteiger partial charge in [-0.2, -0.15) is 0 Å². The van der Waals surface area contributed by atoms with Crippen molar-refractivity contribution in [2.24, 2.45) is 0 Å². The summed E-state index contributed by atoms with van der Waals surface area (Å²) in [4.78, 5) is 39.6. The largest absolute Gasteiger partial charge is 0.325 e. The number of anilines is 1. The Labute approximate surface area is 180 Å². The van der Waals surface area contributed by atoms with Gasteiger partial charge in [0.25, 0.3) is 5.91 Å². The molecule has 2 aliphatic rings. The van der Waals surface area contributed by atoms with E-state index < -0.39 is 23.4 Å². The molecule has 1 aliphatic heterocycles. The quantitative estimate of drug-likeness (QED) is 0.640. The van der Waals surface area contributed by atoms with Gasteiger partial charge in [0.2, 0.25) is 5.91 Å². The van der Waals surface area contributed by atoms with Crippen LogP contribution in [0.2, 0.25) is 0 Å². The monoisotopic (exact) mass is 413 g/mol. The second-order valence-corrected chi connectivity index (χ2v) is 8.36. The standard InChI is InChI=1S/C25H23N3O3/c1-25(21-11-5-8-17-6-2-3-10-20(17)21)23(30)28(24(31)27-25)15-22(29)26-19-13-12-16-7-4-9-18(16)14-19/h2-3,5-6,8,10-14H,4,7,9,15H2,1H3,(H,26,29)(H,27,31). The molecule has 1 heterocycles. The zero-order valence-electron chi connectivity index (χ0n) is 17.3. The molecule has 1 fully saturated rings. The van der Waals surface area contributed by atoms with Crippen molar-refractivity contribution in [1.82, 2.24) is 10.2 Å². The number of nitrogens with one attached hydrogen (secondary N) is 2. The number of aryl methyl sites for hydroxylation is 2. The molecule has 5 rings (SSSR count). The molecule has 156 valence electrons. The Morgan fingerprint density at radius 3 is 2.68 bits per heavy atom. The van der Waals surface area contributed by atoms with Crippen molar-refractivity contribution >= 4 is 34.3 Å². The van der Waals surface area contributed by atoms with Crippen LogP contribution in [0.15, 0.2) is 60.7 Å². The van der Waals surface area contributed by atoms with Crippen molar-refractivity contribution < 1.29 is 14.4 Å². The van der Waals surface area contributed by atoms with Crippen LogP contribution in [-0.2, 0) is 28.0 Å². The van der Waals surface area contributed by atoms with E-state index in [0.29, 0.717) is 11.3 Å². The molecule has 3 aromatic carbocycles. The maximum absolute atomic E-state index is 13.3. The van der Waals surface area contributed by atoms with Gasteiger partial charge in [-0.05, 0) is 65.8 Å². The first-order valence-corrected chi connectivity index (χ1v) is 10.5. The summed E-state index contributed by atoms with van der Waals surface area (Å²) >= 11 is 0.